The van der Waals surface area contributed by atoms with Crippen molar-refractivity contribution in [1.82, 2.24) is 10.3 Å². The summed E-state index contributed by atoms with van der Waals surface area (Å²) >= 11 is 0. The highest BCUT2D eigenvalue weighted by Crippen LogP contribution is 2.26. The summed E-state index contributed by atoms with van der Waals surface area (Å²) in [5.41, 5.74) is 2.37. The molecule has 18 heavy (non-hydrogen) atoms. The summed E-state index contributed by atoms with van der Waals surface area (Å²) in [6, 6.07) is 4.67. The van der Waals surface area contributed by atoms with Crippen LogP contribution in [0.15, 0.2) is 18.3 Å². The molecule has 3 unspecified atom stereocenters. The van der Waals surface area contributed by atoms with Gasteiger partial charge in [-0.15, -0.1) is 0 Å². The molecule has 0 aromatic carbocycles. The highest BCUT2D eigenvalue weighted by Gasteiger charge is 2.22. The Morgan fingerprint density at radius 1 is 1.28 bits per heavy atom. The third-order valence-electron chi connectivity index (χ3n) is 3.88. The standard InChI is InChI=1S/C15H25N3/c1-11-7-12(2)10-18(9-11)14-5-6-15(17-8-14)13(3)16-4/h5-6,8,11-13,16H,7,9-10H2,1-4H3. The van der Waals surface area contributed by atoms with Crippen molar-refractivity contribution in [3.63, 3.8) is 0 Å². The van der Waals surface area contributed by atoms with E-state index in [0.717, 1.165) is 30.6 Å². The summed E-state index contributed by atoms with van der Waals surface area (Å²) in [5.74, 6) is 1.56. The third kappa shape index (κ3) is 3.02. The molecule has 2 rings (SSSR count). The molecule has 0 saturated carbocycles. The summed E-state index contributed by atoms with van der Waals surface area (Å²) in [5, 5.41) is 3.22. The summed E-state index contributed by atoms with van der Waals surface area (Å²) in [6.45, 7) is 9.13. The summed E-state index contributed by atoms with van der Waals surface area (Å²) < 4.78 is 0. The van der Waals surface area contributed by atoms with Crippen molar-refractivity contribution in [2.45, 2.75) is 33.2 Å². The first-order valence-electron chi connectivity index (χ1n) is 6.98. The van der Waals surface area contributed by atoms with E-state index in [1.54, 1.807) is 0 Å². The van der Waals surface area contributed by atoms with Crippen molar-refractivity contribution in [1.29, 1.82) is 0 Å². The van der Waals surface area contributed by atoms with Crippen molar-refractivity contribution in [2.24, 2.45) is 11.8 Å². The molecule has 3 atom stereocenters. The zero-order valence-corrected chi connectivity index (χ0v) is 12.0. The van der Waals surface area contributed by atoms with Crippen LogP contribution < -0.4 is 10.2 Å². The third-order valence-corrected chi connectivity index (χ3v) is 3.88. The number of rotatable bonds is 3. The van der Waals surface area contributed by atoms with Crippen molar-refractivity contribution in [3.05, 3.63) is 24.0 Å². The Morgan fingerprint density at radius 2 is 1.94 bits per heavy atom. The van der Waals surface area contributed by atoms with Crippen LogP contribution in [0.1, 0.15) is 38.9 Å². The van der Waals surface area contributed by atoms with Gasteiger partial charge in [-0.1, -0.05) is 13.8 Å². The molecular weight excluding hydrogens is 222 g/mol. The number of anilines is 1. The Bertz CT molecular complexity index is 364. The van der Waals surface area contributed by atoms with Crippen molar-refractivity contribution in [3.8, 4) is 0 Å². The molecule has 0 spiro atoms. The van der Waals surface area contributed by atoms with Crippen LogP contribution in [0.3, 0.4) is 0 Å². The lowest BCUT2D eigenvalue weighted by atomic mass is 9.91. The minimum atomic E-state index is 0.318. The van der Waals surface area contributed by atoms with E-state index >= 15 is 0 Å². The number of hydrogen-bond acceptors (Lipinski definition) is 3. The topological polar surface area (TPSA) is 28.2 Å². The lowest BCUT2D eigenvalue weighted by Gasteiger charge is -2.36. The van der Waals surface area contributed by atoms with Crippen molar-refractivity contribution < 1.29 is 0 Å². The van der Waals surface area contributed by atoms with Crippen molar-refractivity contribution >= 4 is 5.69 Å². The van der Waals surface area contributed by atoms with Crippen LogP contribution in [0.4, 0.5) is 5.69 Å². The number of nitrogens with zero attached hydrogens (tertiary/aromatic N) is 2. The first-order chi connectivity index (χ1) is 8.60. The van der Waals surface area contributed by atoms with Gasteiger partial charge in [-0.2, -0.15) is 0 Å². The van der Waals surface area contributed by atoms with E-state index in [4.69, 9.17) is 0 Å². The predicted molar refractivity (Wildman–Crippen MR) is 76.9 cm³/mol. The smallest absolute Gasteiger partial charge is 0.0571 e. The molecule has 1 aromatic heterocycles. The average molecular weight is 247 g/mol. The fourth-order valence-corrected chi connectivity index (χ4v) is 2.86. The molecule has 0 amide bonds. The van der Waals surface area contributed by atoms with E-state index in [0.29, 0.717) is 6.04 Å². The molecule has 100 valence electrons. The Balaban J connectivity index is 2.09. The SMILES string of the molecule is CNC(C)c1ccc(N2CC(C)CC(C)C2)cn1. The minimum absolute atomic E-state index is 0.318. The van der Waals surface area contributed by atoms with Gasteiger partial charge in [0.15, 0.2) is 0 Å². The Labute approximate surface area is 111 Å². The molecule has 1 aliphatic rings. The summed E-state index contributed by atoms with van der Waals surface area (Å²) in [7, 11) is 1.97. The molecule has 1 aliphatic heterocycles. The van der Waals surface area contributed by atoms with Crippen molar-refractivity contribution in [2.75, 3.05) is 25.0 Å². The monoisotopic (exact) mass is 247 g/mol. The van der Waals surface area contributed by atoms with Gasteiger partial charge >= 0.3 is 0 Å². The summed E-state index contributed by atoms with van der Waals surface area (Å²) in [6.07, 6.45) is 3.37. The maximum absolute atomic E-state index is 4.57. The molecule has 3 heteroatoms. The van der Waals surface area contributed by atoms with Gasteiger partial charge in [0.1, 0.15) is 0 Å². The molecular formula is C15H25N3. The first kappa shape index (κ1) is 13.3. The fourth-order valence-electron chi connectivity index (χ4n) is 2.86. The zero-order valence-electron chi connectivity index (χ0n) is 12.0. The quantitative estimate of drug-likeness (QED) is 0.890. The second-order valence-corrected chi connectivity index (χ2v) is 5.80. The zero-order chi connectivity index (χ0) is 13.1. The number of pyridine rings is 1. The Kier molecular flexibility index (Phi) is 4.23. The molecule has 2 heterocycles. The molecule has 0 aliphatic carbocycles. The van der Waals surface area contributed by atoms with Crippen LogP contribution in [0.5, 0.6) is 0 Å². The maximum atomic E-state index is 4.57. The Hall–Kier alpha value is -1.09. The fraction of sp³-hybridized carbons (Fsp3) is 0.667. The van der Waals surface area contributed by atoms with Crippen LogP contribution >= 0.6 is 0 Å². The van der Waals surface area contributed by atoms with Crippen LogP contribution in [-0.2, 0) is 0 Å². The molecule has 3 nitrogen and oxygen atoms in total. The van der Waals surface area contributed by atoms with E-state index < -0.39 is 0 Å². The largest absolute Gasteiger partial charge is 0.370 e. The number of aromatic nitrogens is 1. The summed E-state index contributed by atoms with van der Waals surface area (Å²) in [4.78, 5) is 7.04. The van der Waals surface area contributed by atoms with E-state index in [9.17, 15) is 0 Å². The van der Waals surface area contributed by atoms with E-state index in [-0.39, 0.29) is 0 Å². The van der Waals surface area contributed by atoms with Gasteiger partial charge in [0.05, 0.1) is 17.6 Å². The predicted octanol–water partition coefficient (Wildman–Crippen LogP) is 2.84. The second kappa shape index (κ2) is 5.70. The highest BCUT2D eigenvalue weighted by atomic mass is 15.1. The van der Waals surface area contributed by atoms with Gasteiger partial charge in [0.25, 0.3) is 0 Å². The number of nitrogens with one attached hydrogen (secondary N) is 1. The van der Waals surface area contributed by atoms with E-state index in [1.165, 1.54) is 12.1 Å². The lowest BCUT2D eigenvalue weighted by Crippen LogP contribution is -2.38. The van der Waals surface area contributed by atoms with Gasteiger partial charge in [-0.25, -0.2) is 0 Å². The number of piperidine rings is 1. The molecule has 0 bridgehead atoms. The minimum Gasteiger partial charge on any atom is -0.370 e. The highest BCUT2D eigenvalue weighted by molar-refractivity contribution is 5.45. The number of hydrogen-bond donors (Lipinski definition) is 1. The van der Waals surface area contributed by atoms with Gasteiger partial charge in [0.2, 0.25) is 0 Å². The molecule has 1 N–H and O–H groups in total. The van der Waals surface area contributed by atoms with E-state index in [2.05, 4.69) is 48.1 Å². The Morgan fingerprint density at radius 3 is 2.44 bits per heavy atom. The van der Waals surface area contributed by atoms with Crippen LogP contribution in [0.25, 0.3) is 0 Å². The van der Waals surface area contributed by atoms with Crippen LogP contribution in [-0.4, -0.2) is 25.1 Å². The average Bonchev–Trinajstić information content (AvgIpc) is 2.37. The van der Waals surface area contributed by atoms with Gasteiger partial charge in [-0.05, 0) is 44.4 Å². The molecule has 1 saturated heterocycles. The van der Waals surface area contributed by atoms with Gasteiger partial charge in [-0.3, -0.25) is 4.98 Å². The molecule has 1 aromatic rings. The normalized spacial score (nSPS) is 26.1. The van der Waals surface area contributed by atoms with Crippen LogP contribution in [0.2, 0.25) is 0 Å². The van der Waals surface area contributed by atoms with Crippen LogP contribution in [0, 0.1) is 11.8 Å². The maximum Gasteiger partial charge on any atom is 0.0571 e. The molecule has 1 fully saturated rings. The first-order valence-corrected chi connectivity index (χ1v) is 6.98. The van der Waals surface area contributed by atoms with Gasteiger partial charge < -0.3 is 10.2 Å². The molecule has 0 radical (unpaired) electrons. The van der Waals surface area contributed by atoms with Gasteiger partial charge in [0, 0.05) is 19.1 Å². The lowest BCUT2D eigenvalue weighted by molar-refractivity contribution is 0.356. The van der Waals surface area contributed by atoms with E-state index in [1.807, 2.05) is 13.2 Å². The second-order valence-electron chi connectivity index (χ2n) is 5.80.